The Kier molecular flexibility index (Phi) is 7.67. The summed E-state index contributed by atoms with van der Waals surface area (Å²) < 4.78 is 33.8. The van der Waals surface area contributed by atoms with Gasteiger partial charge in [0.05, 0.1) is 0 Å². The van der Waals surface area contributed by atoms with E-state index in [1.165, 1.54) is 17.1 Å². The second kappa shape index (κ2) is 10.3. The summed E-state index contributed by atoms with van der Waals surface area (Å²) in [5.74, 6) is -1.86. The number of hydrogen-bond acceptors (Lipinski definition) is 6. The molecule has 2 aromatic carbocycles. The first-order valence-corrected chi connectivity index (χ1v) is 11.0. The molecule has 0 aliphatic carbocycles. The number of halogens is 2. The summed E-state index contributed by atoms with van der Waals surface area (Å²) in [5, 5.41) is 14.8. The van der Waals surface area contributed by atoms with Crippen LogP contribution in [0.5, 0.6) is 0 Å². The molecule has 1 amide bonds. The molecule has 0 saturated heterocycles. The van der Waals surface area contributed by atoms with Gasteiger partial charge in [-0.2, -0.15) is 5.10 Å². The van der Waals surface area contributed by atoms with E-state index in [1.54, 1.807) is 14.0 Å². The van der Waals surface area contributed by atoms with Gasteiger partial charge in [-0.05, 0) is 30.7 Å². The van der Waals surface area contributed by atoms with Gasteiger partial charge in [0.1, 0.15) is 27.7 Å². The van der Waals surface area contributed by atoms with Crippen molar-refractivity contribution >= 4 is 28.7 Å². The van der Waals surface area contributed by atoms with E-state index in [0.29, 0.717) is 13.0 Å². The van der Waals surface area contributed by atoms with Crippen molar-refractivity contribution < 1.29 is 18.3 Å². The maximum atomic E-state index is 14.6. The van der Waals surface area contributed by atoms with E-state index in [1.807, 2.05) is 30.3 Å². The van der Waals surface area contributed by atoms with Gasteiger partial charge in [0, 0.05) is 32.7 Å². The van der Waals surface area contributed by atoms with Crippen LogP contribution in [0.15, 0.2) is 53.6 Å². The summed E-state index contributed by atoms with van der Waals surface area (Å²) >= 11 is 1.16. The molecule has 2 aromatic rings. The zero-order valence-corrected chi connectivity index (χ0v) is 19.3. The SMILES string of the molecule is CO[C@@H](C)C(=O)N1N=C(c2cc(F)ccc2F)SC1(CCNN(C)C(=N)N)c1ccccc1. The van der Waals surface area contributed by atoms with Gasteiger partial charge in [0.15, 0.2) is 0 Å². The molecule has 176 valence electrons. The molecule has 0 fully saturated rings. The maximum Gasteiger partial charge on any atom is 0.273 e. The Morgan fingerprint density at radius 3 is 2.67 bits per heavy atom. The van der Waals surface area contributed by atoms with Crippen LogP contribution in [-0.4, -0.2) is 53.7 Å². The van der Waals surface area contributed by atoms with Crippen LogP contribution < -0.4 is 11.2 Å². The van der Waals surface area contributed by atoms with E-state index in [4.69, 9.17) is 15.9 Å². The summed E-state index contributed by atoms with van der Waals surface area (Å²) in [5.41, 5.74) is 9.21. The van der Waals surface area contributed by atoms with Crippen molar-refractivity contribution in [2.45, 2.75) is 24.3 Å². The van der Waals surface area contributed by atoms with Crippen molar-refractivity contribution in [2.75, 3.05) is 20.7 Å². The van der Waals surface area contributed by atoms with E-state index < -0.39 is 28.5 Å². The van der Waals surface area contributed by atoms with Gasteiger partial charge in [-0.25, -0.2) is 19.2 Å². The molecule has 1 aliphatic heterocycles. The number of ether oxygens (including phenoxy) is 1. The number of nitrogens with two attached hydrogens (primary N) is 1. The normalized spacial score (nSPS) is 18.7. The minimum Gasteiger partial charge on any atom is -0.372 e. The predicted molar refractivity (Wildman–Crippen MR) is 124 cm³/mol. The third-order valence-corrected chi connectivity index (χ3v) is 6.71. The van der Waals surface area contributed by atoms with Crippen LogP contribution in [0.2, 0.25) is 0 Å². The topological polar surface area (TPSA) is 107 Å². The van der Waals surface area contributed by atoms with Gasteiger partial charge in [0.25, 0.3) is 5.91 Å². The number of nitrogens with zero attached hydrogens (tertiary/aromatic N) is 3. The molecule has 1 unspecified atom stereocenters. The molecule has 33 heavy (non-hydrogen) atoms. The van der Waals surface area contributed by atoms with Gasteiger partial charge >= 0.3 is 0 Å². The highest BCUT2D eigenvalue weighted by molar-refractivity contribution is 8.15. The minimum atomic E-state index is -1.08. The van der Waals surface area contributed by atoms with Crippen LogP contribution in [0, 0.1) is 17.0 Å². The number of thioether (sulfide) groups is 1. The number of carbonyl (C=O) groups is 1. The maximum absolute atomic E-state index is 14.6. The fraction of sp³-hybridized carbons (Fsp3) is 0.318. The second-order valence-electron chi connectivity index (χ2n) is 7.41. The lowest BCUT2D eigenvalue weighted by Crippen LogP contribution is -2.49. The van der Waals surface area contributed by atoms with E-state index in [0.717, 1.165) is 35.5 Å². The van der Waals surface area contributed by atoms with E-state index in [-0.39, 0.29) is 16.6 Å². The summed E-state index contributed by atoms with van der Waals surface area (Å²) in [4.78, 5) is 12.2. The lowest BCUT2D eigenvalue weighted by Gasteiger charge is -2.37. The van der Waals surface area contributed by atoms with Gasteiger partial charge in [-0.15, -0.1) is 0 Å². The summed E-state index contributed by atoms with van der Waals surface area (Å²) in [6.07, 6.45) is -0.507. The molecular formula is C22H26F2N6O2S. The molecule has 1 heterocycles. The molecule has 0 bridgehead atoms. The number of guanidine groups is 1. The Labute approximate surface area is 195 Å². The zero-order chi connectivity index (χ0) is 24.2. The molecule has 3 rings (SSSR count). The van der Waals surface area contributed by atoms with Gasteiger partial charge < -0.3 is 10.5 Å². The van der Waals surface area contributed by atoms with Gasteiger partial charge in [0.2, 0.25) is 5.96 Å². The Morgan fingerprint density at radius 2 is 2.03 bits per heavy atom. The molecule has 2 atom stereocenters. The average molecular weight is 477 g/mol. The average Bonchev–Trinajstić information content (AvgIpc) is 3.20. The molecule has 0 aromatic heterocycles. The van der Waals surface area contributed by atoms with E-state index in [2.05, 4.69) is 10.5 Å². The van der Waals surface area contributed by atoms with Crippen molar-refractivity contribution in [2.24, 2.45) is 10.8 Å². The molecule has 0 saturated carbocycles. The van der Waals surface area contributed by atoms with Crippen molar-refractivity contribution in [3.8, 4) is 0 Å². The van der Waals surface area contributed by atoms with Gasteiger partial charge in [-0.3, -0.25) is 15.2 Å². The van der Waals surface area contributed by atoms with Crippen LogP contribution in [0.3, 0.4) is 0 Å². The van der Waals surface area contributed by atoms with Crippen LogP contribution in [0.1, 0.15) is 24.5 Å². The smallest absolute Gasteiger partial charge is 0.273 e. The van der Waals surface area contributed by atoms with Crippen LogP contribution >= 0.6 is 11.8 Å². The minimum absolute atomic E-state index is 0.0329. The third kappa shape index (κ3) is 5.15. The highest BCUT2D eigenvalue weighted by Gasteiger charge is 2.49. The van der Waals surface area contributed by atoms with Crippen molar-refractivity contribution in [1.29, 1.82) is 5.41 Å². The van der Waals surface area contributed by atoms with E-state index in [9.17, 15) is 13.6 Å². The predicted octanol–water partition coefficient (Wildman–Crippen LogP) is 2.81. The first kappa shape index (κ1) is 24.6. The number of hydrazine groups is 1. The van der Waals surface area contributed by atoms with Crippen molar-refractivity contribution in [3.05, 3.63) is 71.3 Å². The number of rotatable bonds is 8. The van der Waals surface area contributed by atoms with Crippen LogP contribution in [0.4, 0.5) is 8.78 Å². The molecule has 1 aliphatic rings. The number of methoxy groups -OCH3 is 1. The molecule has 0 spiro atoms. The third-order valence-electron chi connectivity index (χ3n) is 5.27. The molecule has 4 N–H and O–H groups in total. The quantitative estimate of drug-likeness (QED) is 0.307. The standard InChI is InChI=1S/C22H26F2N6O2S/c1-14(32-3)20(31)30-22(15-7-5-4-6-8-15,11-12-27-29(2)21(25)26)33-19(28-30)17-13-16(23)9-10-18(17)24/h4-10,13-14,27H,11-12H2,1-3H3,(H3,25,26)/t14-,22?/m0/s1. The fourth-order valence-electron chi connectivity index (χ4n) is 3.32. The number of hydrogen-bond donors (Lipinski definition) is 3. The Bertz CT molecular complexity index is 1050. The number of nitrogens with one attached hydrogen (secondary N) is 2. The summed E-state index contributed by atoms with van der Waals surface area (Å²) in [6.45, 7) is 1.90. The summed E-state index contributed by atoms with van der Waals surface area (Å²) in [7, 11) is 3.01. The molecule has 11 heteroatoms. The number of amides is 1. The largest absolute Gasteiger partial charge is 0.372 e. The van der Waals surface area contributed by atoms with Crippen molar-refractivity contribution in [3.63, 3.8) is 0 Å². The second-order valence-corrected chi connectivity index (χ2v) is 8.68. The first-order valence-electron chi connectivity index (χ1n) is 10.2. The Morgan fingerprint density at radius 1 is 1.33 bits per heavy atom. The molecular weight excluding hydrogens is 450 g/mol. The first-order chi connectivity index (χ1) is 15.7. The highest BCUT2D eigenvalue weighted by atomic mass is 32.2. The summed E-state index contributed by atoms with van der Waals surface area (Å²) in [6, 6.07) is 12.3. The Balaban J connectivity index is 2.09. The van der Waals surface area contributed by atoms with Crippen LogP contribution in [0.25, 0.3) is 0 Å². The molecule has 0 radical (unpaired) electrons. The molecule has 8 nitrogen and oxygen atoms in total. The Hall–Kier alpha value is -3.02. The lowest BCUT2D eigenvalue weighted by molar-refractivity contribution is -0.144. The van der Waals surface area contributed by atoms with Gasteiger partial charge in [-0.1, -0.05) is 42.1 Å². The lowest BCUT2D eigenvalue weighted by atomic mass is 10.0. The number of benzene rings is 2. The fourth-order valence-corrected chi connectivity index (χ4v) is 4.71. The highest BCUT2D eigenvalue weighted by Crippen LogP contribution is 2.50. The number of carbonyl (C=O) groups excluding carboxylic acids is 1. The number of hydrazone groups is 1. The zero-order valence-electron chi connectivity index (χ0n) is 18.5. The van der Waals surface area contributed by atoms with Crippen LogP contribution in [-0.2, 0) is 14.4 Å². The van der Waals surface area contributed by atoms with E-state index >= 15 is 0 Å². The van der Waals surface area contributed by atoms with Crippen molar-refractivity contribution in [1.82, 2.24) is 15.4 Å². The monoisotopic (exact) mass is 476 g/mol.